The Balaban J connectivity index is 1.48. The molecule has 0 aromatic heterocycles. The van der Waals surface area contributed by atoms with Gasteiger partial charge in [0.15, 0.2) is 0 Å². The summed E-state index contributed by atoms with van der Waals surface area (Å²) in [5.74, 6) is 0. The summed E-state index contributed by atoms with van der Waals surface area (Å²) in [6.45, 7) is 4.69. The Labute approximate surface area is 238 Å². The van der Waals surface area contributed by atoms with E-state index in [-0.39, 0.29) is 5.41 Å². The Morgan fingerprint density at radius 3 is 1.97 bits per heavy atom. The van der Waals surface area contributed by atoms with Crippen molar-refractivity contribution in [3.05, 3.63) is 149 Å². The molecule has 2 heteroatoms. The minimum Gasteiger partial charge on any atom is -0.310 e. The molecular weight excluding hydrogens is 538 g/mol. The van der Waals surface area contributed by atoms with Crippen LogP contribution in [0.2, 0.25) is 0 Å². The Hall–Kier alpha value is -4.14. The first kappa shape index (κ1) is 23.9. The molecule has 0 unspecified atom stereocenters. The van der Waals surface area contributed by atoms with Crippen LogP contribution in [0.4, 0.5) is 17.1 Å². The first-order chi connectivity index (χ1) is 19.0. The summed E-state index contributed by atoms with van der Waals surface area (Å²) < 4.78 is 1.09. The van der Waals surface area contributed by atoms with Crippen LogP contribution in [0.1, 0.15) is 25.0 Å². The van der Waals surface area contributed by atoms with Crippen LogP contribution in [0.5, 0.6) is 0 Å². The molecule has 0 spiro atoms. The second-order valence-electron chi connectivity index (χ2n) is 10.8. The summed E-state index contributed by atoms with van der Waals surface area (Å²) in [6.07, 6.45) is 0. The third-order valence-corrected chi connectivity index (χ3v) is 8.80. The molecule has 39 heavy (non-hydrogen) atoms. The highest BCUT2D eigenvalue weighted by atomic mass is 79.9. The highest BCUT2D eigenvalue weighted by Crippen LogP contribution is 2.51. The monoisotopic (exact) mass is 565 g/mol. The molecule has 0 saturated heterocycles. The minimum atomic E-state index is -0.0618. The lowest BCUT2D eigenvalue weighted by molar-refractivity contribution is 0.660. The zero-order chi connectivity index (χ0) is 26.6. The van der Waals surface area contributed by atoms with Crippen molar-refractivity contribution in [3.8, 4) is 22.3 Å². The Morgan fingerprint density at radius 2 is 1.15 bits per heavy atom. The van der Waals surface area contributed by atoms with Crippen molar-refractivity contribution in [3.63, 3.8) is 0 Å². The average Bonchev–Trinajstić information content (AvgIpc) is 3.20. The molecular formula is C37H28BrN. The standard InChI is InChI=1S/C37H28BrN/c1-37(2)34-18-10-8-16-30(34)31-21-20-27(24-35(31)37)39(26-13-4-3-5-14-26)28-22-25-12-6-7-15-29(25)33(23-28)32-17-9-11-19-36(32)38/h3-24H,1-2H3. The van der Waals surface area contributed by atoms with Gasteiger partial charge in [-0.15, -0.1) is 0 Å². The molecule has 1 aliphatic carbocycles. The average molecular weight is 567 g/mol. The first-order valence-corrected chi connectivity index (χ1v) is 14.2. The molecule has 0 saturated carbocycles. The van der Waals surface area contributed by atoms with Crippen molar-refractivity contribution in [1.29, 1.82) is 0 Å². The number of anilines is 3. The highest BCUT2D eigenvalue weighted by molar-refractivity contribution is 9.10. The van der Waals surface area contributed by atoms with E-state index in [1.165, 1.54) is 44.2 Å². The smallest absolute Gasteiger partial charge is 0.0474 e. The molecule has 0 heterocycles. The summed E-state index contributed by atoms with van der Waals surface area (Å²) >= 11 is 3.82. The summed E-state index contributed by atoms with van der Waals surface area (Å²) in [4.78, 5) is 2.39. The molecule has 7 rings (SSSR count). The van der Waals surface area contributed by atoms with Crippen LogP contribution in [0.25, 0.3) is 33.0 Å². The number of nitrogens with zero attached hydrogens (tertiary/aromatic N) is 1. The SMILES string of the molecule is CC1(C)c2ccccc2-c2ccc(N(c3ccccc3)c3cc(-c4ccccc4Br)c4ccccc4c3)cc21. The fourth-order valence-corrected chi connectivity index (χ4v) is 6.68. The number of para-hydroxylation sites is 1. The van der Waals surface area contributed by atoms with Gasteiger partial charge in [-0.3, -0.25) is 0 Å². The number of hydrogen-bond acceptors (Lipinski definition) is 1. The van der Waals surface area contributed by atoms with Gasteiger partial charge in [0.25, 0.3) is 0 Å². The molecule has 188 valence electrons. The van der Waals surface area contributed by atoms with Gasteiger partial charge in [0.2, 0.25) is 0 Å². The molecule has 0 fully saturated rings. The molecule has 6 aromatic rings. The molecule has 0 amide bonds. The van der Waals surface area contributed by atoms with Crippen LogP contribution in [0.15, 0.2) is 138 Å². The predicted octanol–water partition coefficient (Wildman–Crippen LogP) is 11.0. The number of rotatable bonds is 4. The number of hydrogen-bond donors (Lipinski definition) is 0. The highest BCUT2D eigenvalue weighted by Gasteiger charge is 2.35. The summed E-state index contributed by atoms with van der Waals surface area (Å²) in [7, 11) is 0. The fraction of sp³-hybridized carbons (Fsp3) is 0.0811. The number of fused-ring (bicyclic) bond motifs is 4. The van der Waals surface area contributed by atoms with Crippen molar-refractivity contribution in [2.24, 2.45) is 0 Å². The van der Waals surface area contributed by atoms with Crippen molar-refractivity contribution in [2.75, 3.05) is 4.90 Å². The quantitative estimate of drug-likeness (QED) is 0.205. The predicted molar refractivity (Wildman–Crippen MR) is 169 cm³/mol. The number of halogens is 1. The third kappa shape index (κ3) is 3.90. The third-order valence-electron chi connectivity index (χ3n) is 8.11. The van der Waals surface area contributed by atoms with E-state index < -0.39 is 0 Å². The normalized spacial score (nSPS) is 13.2. The Bertz CT molecular complexity index is 1850. The molecule has 6 aromatic carbocycles. The van der Waals surface area contributed by atoms with E-state index in [2.05, 4.69) is 168 Å². The topological polar surface area (TPSA) is 3.24 Å². The van der Waals surface area contributed by atoms with Crippen LogP contribution in [0, 0.1) is 0 Å². The van der Waals surface area contributed by atoms with Crippen molar-refractivity contribution >= 4 is 43.8 Å². The second kappa shape index (κ2) is 9.25. The Morgan fingerprint density at radius 1 is 0.487 bits per heavy atom. The largest absolute Gasteiger partial charge is 0.310 e. The molecule has 0 N–H and O–H groups in total. The van der Waals surface area contributed by atoms with Gasteiger partial charge in [-0.2, -0.15) is 0 Å². The van der Waals surface area contributed by atoms with Crippen molar-refractivity contribution in [1.82, 2.24) is 0 Å². The van der Waals surface area contributed by atoms with E-state index in [0.717, 1.165) is 21.5 Å². The molecule has 0 radical (unpaired) electrons. The first-order valence-electron chi connectivity index (χ1n) is 13.4. The number of benzene rings is 6. The zero-order valence-electron chi connectivity index (χ0n) is 22.0. The van der Waals surface area contributed by atoms with Gasteiger partial charge in [0.05, 0.1) is 0 Å². The maximum Gasteiger partial charge on any atom is 0.0474 e. The van der Waals surface area contributed by atoms with E-state index in [1.807, 2.05) is 0 Å². The van der Waals surface area contributed by atoms with Gasteiger partial charge >= 0.3 is 0 Å². The van der Waals surface area contributed by atoms with Gasteiger partial charge in [0.1, 0.15) is 0 Å². The second-order valence-corrected chi connectivity index (χ2v) is 11.6. The Kier molecular flexibility index (Phi) is 5.68. The van der Waals surface area contributed by atoms with Crippen LogP contribution >= 0.6 is 15.9 Å². The summed E-state index contributed by atoms with van der Waals surface area (Å²) in [5, 5.41) is 2.46. The van der Waals surface area contributed by atoms with E-state index >= 15 is 0 Å². The van der Waals surface area contributed by atoms with Gasteiger partial charge in [-0.1, -0.05) is 121 Å². The van der Waals surface area contributed by atoms with Crippen molar-refractivity contribution in [2.45, 2.75) is 19.3 Å². The van der Waals surface area contributed by atoms with Gasteiger partial charge in [-0.25, -0.2) is 0 Å². The lowest BCUT2D eigenvalue weighted by atomic mass is 9.82. The maximum atomic E-state index is 3.82. The van der Waals surface area contributed by atoms with Crippen LogP contribution < -0.4 is 4.90 Å². The van der Waals surface area contributed by atoms with E-state index in [4.69, 9.17) is 0 Å². The lowest BCUT2D eigenvalue weighted by Crippen LogP contribution is -2.16. The van der Waals surface area contributed by atoms with Gasteiger partial charge in [-0.05, 0) is 86.6 Å². The summed E-state index contributed by atoms with van der Waals surface area (Å²) in [5.41, 5.74) is 11.2. The van der Waals surface area contributed by atoms with Gasteiger partial charge < -0.3 is 4.90 Å². The molecule has 1 aliphatic rings. The summed E-state index contributed by atoms with van der Waals surface area (Å²) in [6, 6.07) is 48.3. The molecule has 1 nitrogen and oxygen atoms in total. The van der Waals surface area contributed by atoms with Gasteiger partial charge in [0, 0.05) is 26.9 Å². The molecule has 0 atom stereocenters. The van der Waals surface area contributed by atoms with E-state index in [0.29, 0.717) is 0 Å². The minimum absolute atomic E-state index is 0.0618. The molecule has 0 bridgehead atoms. The fourth-order valence-electron chi connectivity index (χ4n) is 6.18. The maximum absolute atomic E-state index is 3.82. The zero-order valence-corrected chi connectivity index (χ0v) is 23.6. The lowest BCUT2D eigenvalue weighted by Gasteiger charge is -2.29. The van der Waals surface area contributed by atoms with Crippen LogP contribution in [0.3, 0.4) is 0 Å². The van der Waals surface area contributed by atoms with Crippen LogP contribution in [-0.2, 0) is 5.41 Å². The van der Waals surface area contributed by atoms with Crippen LogP contribution in [-0.4, -0.2) is 0 Å². The van der Waals surface area contributed by atoms with E-state index in [9.17, 15) is 0 Å². The van der Waals surface area contributed by atoms with E-state index in [1.54, 1.807) is 0 Å². The van der Waals surface area contributed by atoms with Crippen molar-refractivity contribution < 1.29 is 0 Å². The molecule has 0 aliphatic heterocycles.